The molecule has 1 heterocycles. The Labute approximate surface area is 154 Å². The first-order chi connectivity index (χ1) is 12.4. The molecule has 0 bridgehead atoms. The van der Waals surface area contributed by atoms with Crippen LogP contribution in [0, 0.1) is 12.8 Å². The van der Waals surface area contributed by atoms with Gasteiger partial charge < -0.3 is 14.6 Å². The summed E-state index contributed by atoms with van der Waals surface area (Å²) in [5.74, 6) is 2.10. The van der Waals surface area contributed by atoms with Crippen molar-refractivity contribution in [3.8, 4) is 5.75 Å². The van der Waals surface area contributed by atoms with Gasteiger partial charge in [-0.3, -0.25) is 4.79 Å². The van der Waals surface area contributed by atoms with Crippen molar-refractivity contribution in [2.75, 3.05) is 6.61 Å². The molecule has 1 aromatic heterocycles. The van der Waals surface area contributed by atoms with Crippen LogP contribution in [-0.2, 0) is 5.66 Å². The van der Waals surface area contributed by atoms with Crippen LogP contribution in [0.1, 0.15) is 67.1 Å². The molecule has 2 aliphatic carbocycles. The second kappa shape index (κ2) is 6.45. The number of aromatic nitrogens is 2. The number of nitrogens with zero attached hydrogens (tertiary/aromatic N) is 2. The predicted octanol–water partition coefficient (Wildman–Crippen LogP) is 3.98. The molecule has 138 valence electrons. The van der Waals surface area contributed by atoms with E-state index in [-0.39, 0.29) is 5.91 Å². The van der Waals surface area contributed by atoms with E-state index >= 15 is 0 Å². The summed E-state index contributed by atoms with van der Waals surface area (Å²) in [5.41, 5.74) is 2.27. The van der Waals surface area contributed by atoms with Gasteiger partial charge in [-0.1, -0.05) is 6.07 Å². The molecule has 0 saturated heterocycles. The van der Waals surface area contributed by atoms with Crippen LogP contribution in [0.25, 0.3) is 0 Å². The van der Waals surface area contributed by atoms with Gasteiger partial charge in [0.15, 0.2) is 0 Å². The average Bonchev–Trinajstić information content (AvgIpc) is 3.51. The van der Waals surface area contributed by atoms with Gasteiger partial charge in [0.1, 0.15) is 11.4 Å². The van der Waals surface area contributed by atoms with E-state index in [0.717, 1.165) is 18.1 Å². The fourth-order valence-electron chi connectivity index (χ4n) is 3.17. The van der Waals surface area contributed by atoms with Crippen LogP contribution in [0.15, 0.2) is 30.7 Å². The number of nitrogens with one attached hydrogen (secondary N) is 1. The van der Waals surface area contributed by atoms with Crippen molar-refractivity contribution in [3.63, 3.8) is 0 Å². The molecule has 5 nitrogen and oxygen atoms in total. The molecule has 0 radical (unpaired) electrons. The SMILES string of the molecule is Cc1cn(C(C)(C)NC(=O)c2ccc(C3CC3)c(OCC3CC3)c2)cn1. The summed E-state index contributed by atoms with van der Waals surface area (Å²) in [7, 11) is 0. The Bertz CT molecular complexity index is 816. The van der Waals surface area contributed by atoms with Gasteiger partial charge in [0.05, 0.1) is 18.6 Å². The molecule has 5 heteroatoms. The zero-order chi connectivity index (χ0) is 18.3. The van der Waals surface area contributed by atoms with Gasteiger partial charge in [-0.2, -0.15) is 0 Å². The van der Waals surface area contributed by atoms with Gasteiger partial charge >= 0.3 is 0 Å². The van der Waals surface area contributed by atoms with Crippen molar-refractivity contribution in [2.24, 2.45) is 5.92 Å². The molecule has 0 spiro atoms. The van der Waals surface area contributed by atoms with Crippen molar-refractivity contribution < 1.29 is 9.53 Å². The molecule has 1 N–H and O–H groups in total. The van der Waals surface area contributed by atoms with E-state index in [2.05, 4.69) is 16.4 Å². The first-order valence-electron chi connectivity index (χ1n) is 9.53. The maximum absolute atomic E-state index is 12.8. The summed E-state index contributed by atoms with van der Waals surface area (Å²) in [6.07, 6.45) is 8.64. The lowest BCUT2D eigenvalue weighted by atomic mass is 10.1. The molecule has 1 aromatic carbocycles. The van der Waals surface area contributed by atoms with Crippen molar-refractivity contribution in [1.82, 2.24) is 14.9 Å². The van der Waals surface area contributed by atoms with Crippen LogP contribution in [0.4, 0.5) is 0 Å². The zero-order valence-corrected chi connectivity index (χ0v) is 15.8. The minimum atomic E-state index is -0.553. The summed E-state index contributed by atoms with van der Waals surface area (Å²) < 4.78 is 8.00. The Kier molecular flexibility index (Phi) is 4.25. The third-order valence-corrected chi connectivity index (χ3v) is 5.24. The van der Waals surface area contributed by atoms with Crippen molar-refractivity contribution in [2.45, 2.75) is 58.0 Å². The smallest absolute Gasteiger partial charge is 0.253 e. The highest BCUT2D eigenvalue weighted by molar-refractivity contribution is 5.95. The molecule has 0 aliphatic heterocycles. The lowest BCUT2D eigenvalue weighted by molar-refractivity contribution is 0.0873. The van der Waals surface area contributed by atoms with E-state index in [1.807, 2.05) is 43.7 Å². The molecular formula is C21H27N3O2. The highest BCUT2D eigenvalue weighted by Gasteiger charge is 2.30. The molecule has 26 heavy (non-hydrogen) atoms. The number of ether oxygens (including phenoxy) is 1. The molecule has 2 fully saturated rings. The largest absolute Gasteiger partial charge is 0.493 e. The summed E-state index contributed by atoms with van der Waals surface area (Å²) in [6.45, 7) is 6.64. The minimum absolute atomic E-state index is 0.0972. The Morgan fingerprint density at radius 2 is 2.08 bits per heavy atom. The summed E-state index contributed by atoms with van der Waals surface area (Å²) in [6, 6.07) is 5.91. The number of amides is 1. The van der Waals surface area contributed by atoms with E-state index < -0.39 is 5.66 Å². The number of rotatable bonds is 7. The topological polar surface area (TPSA) is 56.2 Å². The maximum Gasteiger partial charge on any atom is 0.253 e. The first-order valence-corrected chi connectivity index (χ1v) is 9.53. The van der Waals surface area contributed by atoms with Gasteiger partial charge in [-0.05, 0) is 76.0 Å². The second-order valence-corrected chi connectivity index (χ2v) is 8.22. The third kappa shape index (κ3) is 3.76. The van der Waals surface area contributed by atoms with Crippen molar-refractivity contribution >= 4 is 5.91 Å². The quantitative estimate of drug-likeness (QED) is 0.819. The average molecular weight is 353 g/mol. The lowest BCUT2D eigenvalue weighted by Crippen LogP contribution is -2.45. The molecule has 2 saturated carbocycles. The van der Waals surface area contributed by atoms with Gasteiger partial charge in [0.2, 0.25) is 0 Å². The van der Waals surface area contributed by atoms with Gasteiger partial charge in [0.25, 0.3) is 5.91 Å². The number of imidazole rings is 1. The number of aryl methyl sites for hydroxylation is 1. The predicted molar refractivity (Wildman–Crippen MR) is 100 cm³/mol. The van der Waals surface area contributed by atoms with Crippen LogP contribution in [-0.4, -0.2) is 22.1 Å². The maximum atomic E-state index is 12.8. The van der Waals surface area contributed by atoms with Crippen LogP contribution in [0.3, 0.4) is 0 Å². The number of hydrogen-bond donors (Lipinski definition) is 1. The van der Waals surface area contributed by atoms with Crippen LogP contribution >= 0.6 is 0 Å². The Hall–Kier alpha value is -2.30. The van der Waals surface area contributed by atoms with E-state index in [1.54, 1.807) is 6.33 Å². The molecule has 4 rings (SSSR count). The fourth-order valence-corrected chi connectivity index (χ4v) is 3.17. The normalized spacial score (nSPS) is 17.2. The molecule has 2 aromatic rings. The van der Waals surface area contributed by atoms with E-state index in [1.165, 1.54) is 31.2 Å². The van der Waals surface area contributed by atoms with Crippen molar-refractivity contribution in [1.29, 1.82) is 0 Å². The summed E-state index contributed by atoms with van der Waals surface area (Å²) >= 11 is 0. The summed E-state index contributed by atoms with van der Waals surface area (Å²) in [4.78, 5) is 17.1. The number of benzene rings is 1. The Morgan fingerprint density at radius 3 is 2.69 bits per heavy atom. The van der Waals surface area contributed by atoms with Crippen LogP contribution in [0.2, 0.25) is 0 Å². The van der Waals surface area contributed by atoms with E-state index in [0.29, 0.717) is 17.4 Å². The first kappa shape index (κ1) is 17.1. The lowest BCUT2D eigenvalue weighted by Gasteiger charge is -2.28. The standard InChI is InChI=1S/C21H27N3O2/c1-14-11-24(13-22-14)21(2,3)23-20(25)17-8-9-18(16-6-7-16)19(10-17)26-12-15-4-5-15/h8-11,13,15-16H,4-7,12H2,1-3H3,(H,23,25). The third-order valence-electron chi connectivity index (χ3n) is 5.24. The van der Waals surface area contributed by atoms with Crippen molar-refractivity contribution in [3.05, 3.63) is 47.5 Å². The summed E-state index contributed by atoms with van der Waals surface area (Å²) in [5, 5.41) is 3.10. The number of carbonyl (C=O) groups is 1. The zero-order valence-electron chi connectivity index (χ0n) is 15.8. The fraction of sp³-hybridized carbons (Fsp3) is 0.524. The molecule has 0 atom stereocenters. The van der Waals surface area contributed by atoms with Crippen LogP contribution < -0.4 is 10.1 Å². The number of carbonyl (C=O) groups excluding carboxylic acids is 1. The minimum Gasteiger partial charge on any atom is -0.493 e. The Morgan fingerprint density at radius 1 is 1.31 bits per heavy atom. The van der Waals surface area contributed by atoms with E-state index in [4.69, 9.17) is 4.74 Å². The molecule has 0 unspecified atom stereocenters. The van der Waals surface area contributed by atoms with Gasteiger partial charge in [-0.15, -0.1) is 0 Å². The van der Waals surface area contributed by atoms with Crippen LogP contribution in [0.5, 0.6) is 5.75 Å². The van der Waals surface area contributed by atoms with E-state index in [9.17, 15) is 4.79 Å². The molecule has 2 aliphatic rings. The Balaban J connectivity index is 1.52. The van der Waals surface area contributed by atoms with Gasteiger partial charge in [0, 0.05) is 11.8 Å². The monoisotopic (exact) mass is 353 g/mol. The molecule has 1 amide bonds. The highest BCUT2D eigenvalue weighted by Crippen LogP contribution is 2.45. The molecular weight excluding hydrogens is 326 g/mol. The second-order valence-electron chi connectivity index (χ2n) is 8.22. The number of hydrogen-bond acceptors (Lipinski definition) is 3. The van der Waals surface area contributed by atoms with Gasteiger partial charge in [-0.25, -0.2) is 4.98 Å². The highest BCUT2D eigenvalue weighted by atomic mass is 16.5.